The highest BCUT2D eigenvalue weighted by atomic mass is 32.2. The van der Waals surface area contributed by atoms with Gasteiger partial charge in [0.1, 0.15) is 9.84 Å². The van der Waals surface area contributed by atoms with Crippen LogP contribution in [0.25, 0.3) is 0 Å². The van der Waals surface area contributed by atoms with E-state index in [1.54, 1.807) is 19.2 Å². The number of aromatic nitrogens is 1. The lowest BCUT2D eigenvalue weighted by Crippen LogP contribution is -2.25. The Morgan fingerprint density at radius 3 is 2.53 bits per heavy atom. The molecule has 0 spiro atoms. The zero-order valence-electron chi connectivity index (χ0n) is 10.3. The van der Waals surface area contributed by atoms with Gasteiger partial charge in [-0.25, -0.2) is 8.42 Å². The van der Waals surface area contributed by atoms with Gasteiger partial charge in [0.05, 0.1) is 29.4 Å². The lowest BCUT2D eigenvalue weighted by Gasteiger charge is -2.18. The first kappa shape index (κ1) is 13.9. The van der Waals surface area contributed by atoms with Crippen LogP contribution in [-0.2, 0) is 9.84 Å². The van der Waals surface area contributed by atoms with Gasteiger partial charge >= 0.3 is 0 Å². The van der Waals surface area contributed by atoms with Crippen molar-refractivity contribution in [2.45, 2.75) is 13.0 Å². The van der Waals surface area contributed by atoms with Gasteiger partial charge in [-0.2, -0.15) is 0 Å². The molecule has 0 aliphatic carbocycles. The summed E-state index contributed by atoms with van der Waals surface area (Å²) in [5.41, 5.74) is 1.43. The zero-order valence-corrected chi connectivity index (χ0v) is 11.1. The summed E-state index contributed by atoms with van der Waals surface area (Å²) in [6.07, 6.45) is 2.25. The molecule has 0 unspecified atom stereocenters. The molecule has 5 nitrogen and oxygen atoms in total. The van der Waals surface area contributed by atoms with E-state index in [0.29, 0.717) is 12.2 Å². The predicted octanol–water partition coefficient (Wildman–Crippen LogP) is 0.616. The molecule has 0 saturated heterocycles. The number of rotatable bonds is 5. The number of hydrogen-bond donors (Lipinski definition) is 1. The van der Waals surface area contributed by atoms with E-state index in [1.165, 1.54) is 6.26 Å². The lowest BCUT2D eigenvalue weighted by molar-refractivity contribution is 0.194. The standard InChI is InChI=1S/C11H18N2O3S/c1-9(14)11-5-4-10(8-12-11)13(2)6-7-17(3,15)16/h4-5,8-9,14H,6-7H2,1-3H3/t9-/m0/s1. The van der Waals surface area contributed by atoms with E-state index >= 15 is 0 Å². The normalized spacial score (nSPS) is 13.4. The van der Waals surface area contributed by atoms with Gasteiger partial charge < -0.3 is 10.0 Å². The summed E-state index contributed by atoms with van der Waals surface area (Å²) in [7, 11) is -1.14. The highest BCUT2D eigenvalue weighted by Crippen LogP contribution is 2.14. The Morgan fingerprint density at radius 1 is 1.47 bits per heavy atom. The number of sulfone groups is 1. The lowest BCUT2D eigenvalue weighted by atomic mass is 10.2. The second kappa shape index (κ2) is 5.46. The number of aliphatic hydroxyl groups excluding tert-OH is 1. The summed E-state index contributed by atoms with van der Waals surface area (Å²) in [6.45, 7) is 2.07. The van der Waals surface area contributed by atoms with Crippen molar-refractivity contribution < 1.29 is 13.5 Å². The van der Waals surface area contributed by atoms with Crippen molar-refractivity contribution in [3.05, 3.63) is 24.0 Å². The number of pyridine rings is 1. The van der Waals surface area contributed by atoms with Crippen molar-refractivity contribution in [1.82, 2.24) is 4.98 Å². The van der Waals surface area contributed by atoms with Crippen LogP contribution in [-0.4, -0.2) is 44.1 Å². The van der Waals surface area contributed by atoms with Crippen LogP contribution in [0.5, 0.6) is 0 Å². The minimum atomic E-state index is -2.95. The van der Waals surface area contributed by atoms with Gasteiger partial charge in [0.2, 0.25) is 0 Å². The molecule has 0 fully saturated rings. The first-order chi connectivity index (χ1) is 7.79. The summed E-state index contributed by atoms with van der Waals surface area (Å²) in [4.78, 5) is 5.92. The maximum atomic E-state index is 11.0. The molecule has 17 heavy (non-hydrogen) atoms. The summed E-state index contributed by atoms with van der Waals surface area (Å²) < 4.78 is 22.1. The van der Waals surface area contributed by atoms with Gasteiger partial charge in [0, 0.05) is 19.8 Å². The Kier molecular flexibility index (Phi) is 4.47. The van der Waals surface area contributed by atoms with Crippen LogP contribution < -0.4 is 4.90 Å². The van der Waals surface area contributed by atoms with Crippen LogP contribution in [0, 0.1) is 0 Å². The molecule has 1 aromatic heterocycles. The first-order valence-electron chi connectivity index (χ1n) is 5.32. The molecule has 1 rings (SSSR count). The molecule has 0 aliphatic heterocycles. The Morgan fingerprint density at radius 2 is 2.12 bits per heavy atom. The van der Waals surface area contributed by atoms with Gasteiger partial charge in [-0.15, -0.1) is 0 Å². The Hall–Kier alpha value is -1.14. The van der Waals surface area contributed by atoms with Crippen LogP contribution in [0.15, 0.2) is 18.3 Å². The summed E-state index contributed by atoms with van der Waals surface area (Å²) >= 11 is 0. The molecule has 0 aliphatic rings. The highest BCUT2D eigenvalue weighted by Gasteiger charge is 2.08. The third-order valence-electron chi connectivity index (χ3n) is 2.44. The number of anilines is 1. The van der Waals surface area contributed by atoms with Crippen molar-refractivity contribution >= 4 is 15.5 Å². The smallest absolute Gasteiger partial charge is 0.149 e. The van der Waals surface area contributed by atoms with Crippen LogP contribution in [0.4, 0.5) is 5.69 Å². The van der Waals surface area contributed by atoms with Gasteiger partial charge in [0.15, 0.2) is 0 Å². The SMILES string of the molecule is C[C@H](O)c1ccc(N(C)CCS(C)(=O)=O)cn1. The number of aliphatic hydroxyl groups is 1. The fraction of sp³-hybridized carbons (Fsp3) is 0.545. The maximum absolute atomic E-state index is 11.0. The molecule has 0 bridgehead atoms. The van der Waals surface area contributed by atoms with E-state index in [0.717, 1.165) is 5.69 Å². The summed E-state index contributed by atoms with van der Waals surface area (Å²) in [5.74, 6) is 0.113. The van der Waals surface area contributed by atoms with Crippen LogP contribution in [0.2, 0.25) is 0 Å². The third kappa shape index (κ3) is 4.70. The van der Waals surface area contributed by atoms with Crippen molar-refractivity contribution in [2.24, 2.45) is 0 Å². The van der Waals surface area contributed by atoms with E-state index in [1.807, 2.05) is 18.0 Å². The summed E-state index contributed by atoms with van der Waals surface area (Å²) in [6, 6.07) is 3.55. The van der Waals surface area contributed by atoms with Gasteiger partial charge in [0.25, 0.3) is 0 Å². The Balaban J connectivity index is 2.67. The minimum absolute atomic E-state index is 0.113. The number of hydrogen-bond acceptors (Lipinski definition) is 5. The minimum Gasteiger partial charge on any atom is -0.387 e. The molecule has 0 amide bonds. The zero-order chi connectivity index (χ0) is 13.1. The van der Waals surface area contributed by atoms with Crippen LogP contribution >= 0.6 is 0 Å². The topological polar surface area (TPSA) is 70.5 Å². The van der Waals surface area contributed by atoms with E-state index in [9.17, 15) is 13.5 Å². The molecule has 0 aromatic carbocycles. The largest absolute Gasteiger partial charge is 0.387 e. The van der Waals surface area contributed by atoms with E-state index < -0.39 is 15.9 Å². The predicted molar refractivity (Wildman–Crippen MR) is 67.9 cm³/mol. The van der Waals surface area contributed by atoms with E-state index in [2.05, 4.69) is 4.98 Å². The van der Waals surface area contributed by atoms with Crippen molar-refractivity contribution in [3.8, 4) is 0 Å². The van der Waals surface area contributed by atoms with Crippen molar-refractivity contribution in [1.29, 1.82) is 0 Å². The molecule has 1 atom stereocenters. The van der Waals surface area contributed by atoms with Crippen LogP contribution in [0.1, 0.15) is 18.7 Å². The van der Waals surface area contributed by atoms with Gasteiger partial charge in [-0.1, -0.05) is 0 Å². The maximum Gasteiger partial charge on any atom is 0.149 e. The van der Waals surface area contributed by atoms with Gasteiger partial charge in [-0.05, 0) is 19.1 Å². The van der Waals surface area contributed by atoms with E-state index in [-0.39, 0.29) is 5.75 Å². The highest BCUT2D eigenvalue weighted by molar-refractivity contribution is 7.90. The molecule has 96 valence electrons. The van der Waals surface area contributed by atoms with Gasteiger partial charge in [-0.3, -0.25) is 4.98 Å². The first-order valence-corrected chi connectivity index (χ1v) is 7.38. The monoisotopic (exact) mass is 258 g/mol. The average Bonchev–Trinajstić information content (AvgIpc) is 2.25. The molecule has 6 heteroatoms. The van der Waals surface area contributed by atoms with E-state index in [4.69, 9.17) is 0 Å². The molecule has 0 saturated carbocycles. The Labute approximate surface area is 102 Å². The van der Waals surface area contributed by atoms with Crippen LogP contribution in [0.3, 0.4) is 0 Å². The molecule has 0 radical (unpaired) electrons. The second-order valence-electron chi connectivity index (χ2n) is 4.17. The van der Waals surface area contributed by atoms with Crippen molar-refractivity contribution in [3.63, 3.8) is 0 Å². The second-order valence-corrected chi connectivity index (χ2v) is 6.43. The molecular formula is C11H18N2O3S. The third-order valence-corrected chi connectivity index (χ3v) is 3.36. The molecule has 1 N–H and O–H groups in total. The number of nitrogens with zero attached hydrogens (tertiary/aromatic N) is 2. The molecule has 1 heterocycles. The summed E-state index contributed by atoms with van der Waals surface area (Å²) in [5, 5.41) is 9.31. The fourth-order valence-corrected chi connectivity index (χ4v) is 1.91. The fourth-order valence-electron chi connectivity index (χ4n) is 1.30. The Bertz CT molecular complexity index is 454. The molecule has 1 aromatic rings. The quantitative estimate of drug-likeness (QED) is 0.838. The average molecular weight is 258 g/mol. The molecular weight excluding hydrogens is 240 g/mol. The van der Waals surface area contributed by atoms with Crippen molar-refractivity contribution in [2.75, 3.05) is 30.5 Å².